The zero-order valence-corrected chi connectivity index (χ0v) is 16.4. The van der Waals surface area contributed by atoms with Gasteiger partial charge >= 0.3 is 0 Å². The van der Waals surface area contributed by atoms with Gasteiger partial charge < -0.3 is 4.74 Å². The molecule has 1 saturated carbocycles. The molecule has 0 N–H and O–H groups in total. The molecule has 3 aliphatic carbocycles. The van der Waals surface area contributed by atoms with Gasteiger partial charge in [0.25, 0.3) is 0 Å². The second-order valence-corrected chi connectivity index (χ2v) is 9.43. The Hall–Kier alpha value is -2.22. The standard InChI is InChI=1S/C21H25N3O2/c1-18(2,3)17-23-14-13(16(24-17)26-6)7-8-21-11-20(21,5)15(25)12(10-22)9-19(14,21)4/h9H,7-8,11H2,1-6H3/t19-,20?,21+/m1/s1. The van der Waals surface area contributed by atoms with Crippen molar-refractivity contribution in [3.05, 3.63) is 28.7 Å². The lowest BCUT2D eigenvalue weighted by atomic mass is 9.57. The first-order valence-electron chi connectivity index (χ1n) is 9.18. The molecule has 1 fully saturated rings. The summed E-state index contributed by atoms with van der Waals surface area (Å²) in [5.41, 5.74) is 0.937. The number of fused-ring (bicyclic) bond motifs is 2. The maximum absolute atomic E-state index is 12.8. The lowest BCUT2D eigenvalue weighted by Crippen LogP contribution is -2.47. The molecule has 1 unspecified atom stereocenters. The van der Waals surface area contributed by atoms with E-state index in [2.05, 4.69) is 38.7 Å². The molecule has 4 rings (SSSR count). The van der Waals surface area contributed by atoms with Crippen LogP contribution < -0.4 is 4.74 Å². The Morgan fingerprint density at radius 1 is 1.27 bits per heavy atom. The van der Waals surface area contributed by atoms with E-state index < -0.39 is 10.8 Å². The van der Waals surface area contributed by atoms with Gasteiger partial charge in [0.15, 0.2) is 5.78 Å². The molecular weight excluding hydrogens is 326 g/mol. The third-order valence-electron chi connectivity index (χ3n) is 7.01. The summed E-state index contributed by atoms with van der Waals surface area (Å²) in [6.45, 7) is 10.4. The largest absolute Gasteiger partial charge is 0.481 e. The first-order chi connectivity index (χ1) is 12.0. The van der Waals surface area contributed by atoms with Gasteiger partial charge in [-0.3, -0.25) is 4.79 Å². The van der Waals surface area contributed by atoms with Gasteiger partial charge in [0.1, 0.15) is 11.9 Å². The SMILES string of the molecule is COc1nc(C(C)(C)C)nc2c1CC[C@@]13CC1(C)C(=O)C(C#N)=C[C@]23C. The molecule has 0 saturated heterocycles. The van der Waals surface area contributed by atoms with Gasteiger partial charge in [-0.05, 0) is 31.6 Å². The monoisotopic (exact) mass is 351 g/mol. The summed E-state index contributed by atoms with van der Waals surface area (Å²) in [6.07, 6.45) is 4.38. The van der Waals surface area contributed by atoms with Gasteiger partial charge in [0, 0.05) is 21.8 Å². The number of carbonyl (C=O) groups excluding carboxylic acids is 1. The number of rotatable bonds is 1. The third-order valence-corrected chi connectivity index (χ3v) is 7.01. The van der Waals surface area contributed by atoms with Gasteiger partial charge in [0.2, 0.25) is 5.88 Å². The highest BCUT2D eigenvalue weighted by Gasteiger charge is 2.78. The molecule has 0 aromatic carbocycles. The summed E-state index contributed by atoms with van der Waals surface area (Å²) in [7, 11) is 1.64. The normalized spacial score (nSPS) is 34.8. The van der Waals surface area contributed by atoms with E-state index in [0.717, 1.165) is 36.3 Å². The van der Waals surface area contributed by atoms with E-state index in [0.29, 0.717) is 5.88 Å². The van der Waals surface area contributed by atoms with Crippen molar-refractivity contribution < 1.29 is 9.53 Å². The van der Waals surface area contributed by atoms with Gasteiger partial charge in [0.05, 0.1) is 18.4 Å². The van der Waals surface area contributed by atoms with Crippen molar-refractivity contribution in [3.8, 4) is 11.9 Å². The molecule has 1 aromatic rings. The van der Waals surface area contributed by atoms with E-state index in [9.17, 15) is 10.1 Å². The van der Waals surface area contributed by atoms with Crippen LogP contribution in [0.5, 0.6) is 5.88 Å². The molecule has 1 heterocycles. The van der Waals surface area contributed by atoms with E-state index in [-0.39, 0.29) is 22.2 Å². The summed E-state index contributed by atoms with van der Waals surface area (Å²) < 4.78 is 5.62. The first-order valence-corrected chi connectivity index (χ1v) is 9.18. The molecule has 0 radical (unpaired) electrons. The minimum Gasteiger partial charge on any atom is -0.481 e. The Morgan fingerprint density at radius 2 is 1.96 bits per heavy atom. The highest BCUT2D eigenvalue weighted by molar-refractivity contribution is 6.07. The first kappa shape index (κ1) is 17.2. The van der Waals surface area contributed by atoms with Crippen molar-refractivity contribution in [1.29, 1.82) is 5.26 Å². The van der Waals surface area contributed by atoms with Crippen molar-refractivity contribution >= 4 is 5.78 Å². The Labute approximate surface area is 154 Å². The van der Waals surface area contributed by atoms with Crippen LogP contribution in [0.4, 0.5) is 0 Å². The zero-order chi connectivity index (χ0) is 19.1. The van der Waals surface area contributed by atoms with E-state index in [1.54, 1.807) is 7.11 Å². The number of nitriles is 1. The molecular formula is C21H25N3O2. The highest BCUT2D eigenvalue weighted by atomic mass is 16.5. The number of nitrogens with zero attached hydrogens (tertiary/aromatic N) is 3. The fourth-order valence-corrected chi connectivity index (χ4v) is 5.37. The number of Topliss-reactive ketones (excluding diaryl/α,β-unsaturated/α-hetero) is 1. The maximum Gasteiger partial charge on any atom is 0.219 e. The Morgan fingerprint density at radius 3 is 2.54 bits per heavy atom. The number of hydrogen-bond acceptors (Lipinski definition) is 5. The summed E-state index contributed by atoms with van der Waals surface area (Å²) in [4.78, 5) is 22.5. The predicted octanol–water partition coefficient (Wildman–Crippen LogP) is 3.42. The Bertz CT molecular complexity index is 920. The number of aromatic nitrogens is 2. The summed E-state index contributed by atoms with van der Waals surface area (Å²) >= 11 is 0. The molecule has 3 aliphatic rings. The van der Waals surface area contributed by atoms with Gasteiger partial charge in [-0.25, -0.2) is 4.98 Å². The van der Waals surface area contributed by atoms with Crippen LogP contribution in [0.15, 0.2) is 11.6 Å². The Balaban J connectivity index is 2.03. The topological polar surface area (TPSA) is 75.9 Å². The summed E-state index contributed by atoms with van der Waals surface area (Å²) in [5, 5.41) is 9.55. The van der Waals surface area contributed by atoms with Crippen molar-refractivity contribution in [2.24, 2.45) is 10.8 Å². The van der Waals surface area contributed by atoms with Crippen LogP contribution in [0.3, 0.4) is 0 Å². The quantitative estimate of drug-likeness (QED) is 0.775. The average Bonchev–Trinajstić information content (AvgIpc) is 3.22. The van der Waals surface area contributed by atoms with E-state index >= 15 is 0 Å². The van der Waals surface area contributed by atoms with Crippen molar-refractivity contribution in [2.75, 3.05) is 7.11 Å². The number of allylic oxidation sites excluding steroid dienone is 2. The molecule has 5 nitrogen and oxygen atoms in total. The van der Waals surface area contributed by atoms with Crippen molar-refractivity contribution in [2.45, 2.75) is 64.7 Å². The molecule has 5 heteroatoms. The minimum atomic E-state index is -0.459. The molecule has 3 atom stereocenters. The maximum atomic E-state index is 12.8. The van der Waals surface area contributed by atoms with Crippen molar-refractivity contribution in [3.63, 3.8) is 0 Å². The molecule has 136 valence electrons. The fraction of sp³-hybridized carbons (Fsp3) is 0.619. The second kappa shape index (κ2) is 4.73. The zero-order valence-electron chi connectivity index (χ0n) is 16.4. The van der Waals surface area contributed by atoms with E-state index in [1.165, 1.54) is 0 Å². The van der Waals surface area contributed by atoms with Crippen molar-refractivity contribution in [1.82, 2.24) is 9.97 Å². The fourth-order valence-electron chi connectivity index (χ4n) is 5.37. The van der Waals surface area contributed by atoms with E-state index in [4.69, 9.17) is 9.72 Å². The lowest BCUT2D eigenvalue weighted by Gasteiger charge is -2.46. The molecule has 0 aliphatic heterocycles. The average molecular weight is 351 g/mol. The molecule has 1 spiro atoms. The number of carbonyl (C=O) groups is 1. The molecule has 26 heavy (non-hydrogen) atoms. The number of methoxy groups -OCH3 is 1. The molecule has 0 amide bonds. The molecule has 1 aromatic heterocycles. The second-order valence-electron chi connectivity index (χ2n) is 9.43. The summed E-state index contributed by atoms with van der Waals surface area (Å²) in [5.74, 6) is 1.36. The van der Waals surface area contributed by atoms with Crippen LogP contribution in [-0.2, 0) is 22.0 Å². The van der Waals surface area contributed by atoms with Crippen LogP contribution in [0.25, 0.3) is 0 Å². The van der Waals surface area contributed by atoms with Crippen LogP contribution >= 0.6 is 0 Å². The number of ether oxygens (including phenoxy) is 1. The smallest absolute Gasteiger partial charge is 0.219 e. The number of hydrogen-bond donors (Lipinski definition) is 0. The lowest BCUT2D eigenvalue weighted by molar-refractivity contribution is -0.122. The van der Waals surface area contributed by atoms with Gasteiger partial charge in [-0.2, -0.15) is 10.2 Å². The number of ketones is 1. The predicted molar refractivity (Wildman–Crippen MR) is 96.8 cm³/mol. The van der Waals surface area contributed by atoms with Gasteiger partial charge in [-0.1, -0.05) is 33.8 Å². The third kappa shape index (κ3) is 1.78. The van der Waals surface area contributed by atoms with Crippen LogP contribution in [0.2, 0.25) is 0 Å². The van der Waals surface area contributed by atoms with Gasteiger partial charge in [-0.15, -0.1) is 0 Å². The van der Waals surface area contributed by atoms with E-state index in [1.807, 2.05) is 13.0 Å². The van der Waals surface area contributed by atoms with Crippen LogP contribution in [0, 0.1) is 22.2 Å². The summed E-state index contributed by atoms with van der Waals surface area (Å²) in [6, 6.07) is 2.13. The highest BCUT2D eigenvalue weighted by Crippen LogP contribution is 2.78. The molecule has 0 bridgehead atoms. The Kier molecular flexibility index (Phi) is 3.13. The van der Waals surface area contributed by atoms with Crippen LogP contribution in [0.1, 0.15) is 64.5 Å². The minimum absolute atomic E-state index is 0.00186. The van der Waals surface area contributed by atoms with Crippen LogP contribution in [-0.4, -0.2) is 22.9 Å².